The molecule has 16 heavy (non-hydrogen) atoms. The molecule has 0 heterocycles. The standard InChI is InChI=1S/C12H24NO2.HI/c1-11(14)15-10-12(7-5-6-8-12)9-13(2,3)4;/h5-10H2,1-4H3;1H/q+1;/p-1. The van der Waals surface area contributed by atoms with E-state index in [9.17, 15) is 4.79 Å². The Morgan fingerprint density at radius 1 is 1.25 bits per heavy atom. The summed E-state index contributed by atoms with van der Waals surface area (Å²) in [7, 11) is 6.61. The maximum atomic E-state index is 10.9. The second-order valence-corrected chi connectivity index (χ2v) is 5.94. The highest BCUT2D eigenvalue weighted by Crippen LogP contribution is 2.39. The van der Waals surface area contributed by atoms with Gasteiger partial charge in [0.25, 0.3) is 0 Å². The van der Waals surface area contributed by atoms with E-state index in [2.05, 4.69) is 21.1 Å². The molecule has 0 aromatic rings. The molecule has 0 aromatic carbocycles. The van der Waals surface area contributed by atoms with Crippen LogP contribution in [-0.2, 0) is 9.53 Å². The number of halogens is 1. The van der Waals surface area contributed by atoms with E-state index >= 15 is 0 Å². The Kier molecular flexibility index (Phi) is 6.25. The third-order valence-corrected chi connectivity index (χ3v) is 3.06. The average molecular weight is 341 g/mol. The first kappa shape index (κ1) is 16.2. The van der Waals surface area contributed by atoms with Crippen LogP contribution >= 0.6 is 0 Å². The molecule has 4 heteroatoms. The molecule has 1 fully saturated rings. The first-order valence-corrected chi connectivity index (χ1v) is 5.77. The average Bonchev–Trinajstić information content (AvgIpc) is 2.47. The summed E-state index contributed by atoms with van der Waals surface area (Å²) in [5.41, 5.74) is 0.240. The Balaban J connectivity index is 0.00000225. The molecule has 0 spiro atoms. The number of nitrogens with zero attached hydrogens (tertiary/aromatic N) is 1. The molecule has 1 rings (SSSR count). The van der Waals surface area contributed by atoms with Gasteiger partial charge in [-0.25, -0.2) is 0 Å². The van der Waals surface area contributed by atoms with E-state index in [0.29, 0.717) is 6.61 Å². The number of rotatable bonds is 4. The van der Waals surface area contributed by atoms with Crippen LogP contribution < -0.4 is 24.0 Å². The minimum absolute atomic E-state index is 0. The molecule has 0 N–H and O–H groups in total. The van der Waals surface area contributed by atoms with Crippen LogP contribution in [0.3, 0.4) is 0 Å². The second-order valence-electron chi connectivity index (χ2n) is 5.94. The van der Waals surface area contributed by atoms with Gasteiger partial charge < -0.3 is 33.2 Å². The zero-order valence-corrected chi connectivity index (χ0v) is 13.0. The minimum atomic E-state index is -0.150. The van der Waals surface area contributed by atoms with Crippen molar-refractivity contribution in [3.63, 3.8) is 0 Å². The third kappa shape index (κ3) is 5.48. The fourth-order valence-corrected chi connectivity index (χ4v) is 2.73. The van der Waals surface area contributed by atoms with E-state index in [4.69, 9.17) is 4.74 Å². The third-order valence-electron chi connectivity index (χ3n) is 3.06. The number of ether oxygens (including phenoxy) is 1. The van der Waals surface area contributed by atoms with Gasteiger partial charge in [0.2, 0.25) is 0 Å². The molecular formula is C12H24INO2. The van der Waals surface area contributed by atoms with Crippen LogP contribution in [0.2, 0.25) is 0 Å². The van der Waals surface area contributed by atoms with Gasteiger partial charge in [-0.1, -0.05) is 12.8 Å². The van der Waals surface area contributed by atoms with Crippen LogP contribution in [0.25, 0.3) is 0 Å². The molecule has 96 valence electrons. The fourth-order valence-electron chi connectivity index (χ4n) is 2.73. The van der Waals surface area contributed by atoms with Crippen molar-refractivity contribution in [2.75, 3.05) is 34.3 Å². The van der Waals surface area contributed by atoms with E-state index in [1.807, 2.05) is 0 Å². The molecule has 1 saturated carbocycles. The summed E-state index contributed by atoms with van der Waals surface area (Å²) < 4.78 is 6.17. The summed E-state index contributed by atoms with van der Waals surface area (Å²) in [6.45, 7) is 3.20. The quantitative estimate of drug-likeness (QED) is 0.366. The lowest BCUT2D eigenvalue weighted by molar-refractivity contribution is -0.877. The lowest BCUT2D eigenvalue weighted by Gasteiger charge is -2.36. The smallest absolute Gasteiger partial charge is 0.302 e. The van der Waals surface area contributed by atoms with E-state index in [-0.39, 0.29) is 35.4 Å². The van der Waals surface area contributed by atoms with E-state index in [1.165, 1.54) is 32.6 Å². The summed E-state index contributed by atoms with van der Waals surface area (Å²) >= 11 is 0. The van der Waals surface area contributed by atoms with Crippen LogP contribution in [0, 0.1) is 5.41 Å². The first-order chi connectivity index (χ1) is 6.83. The van der Waals surface area contributed by atoms with Gasteiger partial charge in [-0.15, -0.1) is 0 Å². The number of quaternary nitrogens is 1. The van der Waals surface area contributed by atoms with Crippen LogP contribution in [0.5, 0.6) is 0 Å². The lowest BCUT2D eigenvalue weighted by Crippen LogP contribution is -3.00. The van der Waals surface area contributed by atoms with Crippen molar-refractivity contribution in [1.82, 2.24) is 0 Å². The molecule has 0 bridgehead atoms. The Labute approximate surface area is 116 Å². The van der Waals surface area contributed by atoms with Crippen molar-refractivity contribution < 1.29 is 38.0 Å². The summed E-state index contributed by atoms with van der Waals surface area (Å²) in [6.07, 6.45) is 4.97. The van der Waals surface area contributed by atoms with Crippen molar-refractivity contribution in [1.29, 1.82) is 0 Å². The number of hydrogen-bond acceptors (Lipinski definition) is 2. The normalized spacial score (nSPS) is 19.0. The van der Waals surface area contributed by atoms with Crippen molar-refractivity contribution >= 4 is 5.97 Å². The maximum Gasteiger partial charge on any atom is 0.302 e. The summed E-state index contributed by atoms with van der Waals surface area (Å²) in [6, 6.07) is 0. The molecule has 1 aliphatic rings. The zero-order valence-electron chi connectivity index (χ0n) is 10.9. The number of esters is 1. The second kappa shape index (κ2) is 6.19. The van der Waals surface area contributed by atoms with Gasteiger partial charge in [0.1, 0.15) is 6.61 Å². The summed E-state index contributed by atoms with van der Waals surface area (Å²) in [5, 5.41) is 0. The maximum absolute atomic E-state index is 10.9. The van der Waals surface area contributed by atoms with Crippen LogP contribution in [0.4, 0.5) is 0 Å². The topological polar surface area (TPSA) is 26.3 Å². The van der Waals surface area contributed by atoms with Gasteiger partial charge in [0.15, 0.2) is 0 Å². The first-order valence-electron chi connectivity index (χ1n) is 5.77. The minimum Gasteiger partial charge on any atom is -1.00 e. The van der Waals surface area contributed by atoms with Gasteiger partial charge in [0.05, 0.1) is 33.1 Å². The number of carbonyl (C=O) groups is 1. The lowest BCUT2D eigenvalue weighted by atomic mass is 9.86. The fraction of sp³-hybridized carbons (Fsp3) is 0.917. The van der Waals surface area contributed by atoms with Crippen molar-refractivity contribution in [2.24, 2.45) is 5.41 Å². The molecule has 1 aliphatic carbocycles. The van der Waals surface area contributed by atoms with Crippen LogP contribution in [0.1, 0.15) is 32.6 Å². The van der Waals surface area contributed by atoms with Crippen LogP contribution in [-0.4, -0.2) is 44.7 Å². The molecule has 3 nitrogen and oxygen atoms in total. The highest BCUT2D eigenvalue weighted by atomic mass is 127. The van der Waals surface area contributed by atoms with Gasteiger partial charge >= 0.3 is 5.97 Å². The van der Waals surface area contributed by atoms with Gasteiger partial charge in [0, 0.05) is 6.92 Å². The highest BCUT2D eigenvalue weighted by molar-refractivity contribution is 5.65. The molecule has 0 aromatic heterocycles. The predicted octanol–water partition coefficient (Wildman–Crippen LogP) is -1.18. The molecule has 0 atom stereocenters. The van der Waals surface area contributed by atoms with Gasteiger partial charge in [-0.2, -0.15) is 0 Å². The van der Waals surface area contributed by atoms with Crippen molar-refractivity contribution in [3.05, 3.63) is 0 Å². The zero-order chi connectivity index (χ0) is 11.5. The molecule has 0 unspecified atom stereocenters. The van der Waals surface area contributed by atoms with Crippen molar-refractivity contribution in [3.8, 4) is 0 Å². The molecule has 0 amide bonds. The molecule has 0 radical (unpaired) electrons. The van der Waals surface area contributed by atoms with Crippen LogP contribution in [0.15, 0.2) is 0 Å². The SMILES string of the molecule is CC(=O)OCC1(C[N+](C)(C)C)CCCC1.[I-]. The Bertz CT molecular complexity index is 230. The van der Waals surface area contributed by atoms with E-state index < -0.39 is 0 Å². The Hall–Kier alpha value is 0.160. The van der Waals surface area contributed by atoms with Gasteiger partial charge in [-0.05, 0) is 12.8 Å². The largest absolute Gasteiger partial charge is 1.00 e. The van der Waals surface area contributed by atoms with Gasteiger partial charge in [-0.3, -0.25) is 4.79 Å². The summed E-state index contributed by atoms with van der Waals surface area (Å²) in [4.78, 5) is 10.9. The highest BCUT2D eigenvalue weighted by Gasteiger charge is 2.39. The number of hydrogen-bond donors (Lipinski definition) is 0. The molecular weight excluding hydrogens is 317 g/mol. The molecule has 0 saturated heterocycles. The van der Waals surface area contributed by atoms with E-state index in [0.717, 1.165) is 11.0 Å². The van der Waals surface area contributed by atoms with E-state index in [1.54, 1.807) is 0 Å². The Morgan fingerprint density at radius 2 is 1.75 bits per heavy atom. The number of carbonyl (C=O) groups excluding carboxylic acids is 1. The monoisotopic (exact) mass is 341 g/mol. The molecule has 0 aliphatic heterocycles. The predicted molar refractivity (Wildman–Crippen MR) is 60.4 cm³/mol. The Morgan fingerprint density at radius 3 is 2.12 bits per heavy atom. The van der Waals surface area contributed by atoms with Crippen molar-refractivity contribution in [2.45, 2.75) is 32.6 Å². The summed E-state index contributed by atoms with van der Waals surface area (Å²) in [5.74, 6) is -0.150.